The molecule has 1 heterocycles. The van der Waals surface area contributed by atoms with Gasteiger partial charge in [0.05, 0.1) is 11.4 Å². The average Bonchev–Trinajstić information content (AvgIpc) is 2.39. The van der Waals surface area contributed by atoms with E-state index in [9.17, 15) is 4.79 Å². The topological polar surface area (TPSA) is 50.2 Å². The third-order valence-corrected chi connectivity index (χ3v) is 4.00. The van der Waals surface area contributed by atoms with E-state index in [1.165, 1.54) is 0 Å². The fourth-order valence-corrected chi connectivity index (χ4v) is 2.74. The molecule has 1 aromatic heterocycles. The van der Waals surface area contributed by atoms with E-state index in [0.717, 1.165) is 26.4 Å². The number of aromatic nitrogens is 1. The second kappa shape index (κ2) is 6.73. The second-order valence-electron chi connectivity index (χ2n) is 3.94. The van der Waals surface area contributed by atoms with Gasteiger partial charge in [0, 0.05) is 16.4 Å². The Hall–Kier alpha value is -1.33. The van der Waals surface area contributed by atoms with E-state index in [0.29, 0.717) is 0 Å². The molecule has 1 aromatic carbocycles. The van der Waals surface area contributed by atoms with Crippen molar-refractivity contribution in [3.8, 4) is 0 Å². The van der Waals surface area contributed by atoms with Gasteiger partial charge in [0.1, 0.15) is 0 Å². The van der Waals surface area contributed by atoms with E-state index in [4.69, 9.17) is 5.11 Å². The van der Waals surface area contributed by atoms with Gasteiger partial charge in [-0.25, -0.2) is 4.98 Å². The summed E-state index contributed by atoms with van der Waals surface area (Å²) < 4.78 is 0.947. The molecule has 0 aliphatic carbocycles. The second-order valence-corrected chi connectivity index (χ2v) is 5.85. The molecule has 0 unspecified atom stereocenters. The molecule has 0 saturated heterocycles. The molecule has 5 heteroatoms. The van der Waals surface area contributed by atoms with Crippen LogP contribution in [0.15, 0.2) is 52.1 Å². The van der Waals surface area contributed by atoms with E-state index in [1.54, 1.807) is 18.0 Å². The molecule has 0 spiro atoms. The van der Waals surface area contributed by atoms with Crippen LogP contribution in [0, 0.1) is 0 Å². The maximum absolute atomic E-state index is 10.8. The number of pyridine rings is 1. The van der Waals surface area contributed by atoms with Gasteiger partial charge in [0.25, 0.3) is 0 Å². The zero-order chi connectivity index (χ0) is 13.7. The first-order valence-corrected chi connectivity index (χ1v) is 7.46. The number of hydrogen-bond acceptors (Lipinski definition) is 3. The van der Waals surface area contributed by atoms with Crippen molar-refractivity contribution in [1.82, 2.24) is 4.98 Å². The number of carbonyl (C=O) groups is 1. The standard InChI is InChI=1S/C14H12BrNO2S/c15-12-5-6-13(16-8-12)19-9-11-4-2-1-3-10(11)7-14(17)18/h1-6,8H,7,9H2,(H,17,18). The van der Waals surface area contributed by atoms with Crippen LogP contribution in [0.5, 0.6) is 0 Å². The Morgan fingerprint density at radius 1 is 1.21 bits per heavy atom. The Labute approximate surface area is 124 Å². The highest BCUT2D eigenvalue weighted by Crippen LogP contribution is 2.24. The Balaban J connectivity index is 2.06. The van der Waals surface area contributed by atoms with Crippen LogP contribution < -0.4 is 0 Å². The number of carboxylic acids is 1. The first-order valence-electron chi connectivity index (χ1n) is 5.68. The van der Waals surface area contributed by atoms with E-state index >= 15 is 0 Å². The van der Waals surface area contributed by atoms with E-state index < -0.39 is 5.97 Å². The van der Waals surface area contributed by atoms with Gasteiger partial charge in [0.15, 0.2) is 0 Å². The summed E-state index contributed by atoms with van der Waals surface area (Å²) in [5.41, 5.74) is 1.90. The number of rotatable bonds is 5. The Kier molecular flexibility index (Phi) is 4.99. The molecule has 98 valence electrons. The minimum absolute atomic E-state index is 0.0600. The first kappa shape index (κ1) is 14.1. The average molecular weight is 338 g/mol. The van der Waals surface area contributed by atoms with Gasteiger partial charge in [-0.2, -0.15) is 0 Å². The molecular formula is C14H12BrNO2S. The molecule has 2 rings (SSSR count). The Bertz CT molecular complexity index is 572. The summed E-state index contributed by atoms with van der Waals surface area (Å²) in [4.78, 5) is 15.1. The molecule has 0 radical (unpaired) electrons. The van der Waals surface area contributed by atoms with Gasteiger partial charge in [-0.1, -0.05) is 24.3 Å². The van der Waals surface area contributed by atoms with Gasteiger partial charge in [-0.15, -0.1) is 11.8 Å². The van der Waals surface area contributed by atoms with Crippen LogP contribution in [0.1, 0.15) is 11.1 Å². The number of halogens is 1. The summed E-state index contributed by atoms with van der Waals surface area (Å²) in [5, 5.41) is 9.81. The maximum atomic E-state index is 10.8. The lowest BCUT2D eigenvalue weighted by atomic mass is 10.1. The highest BCUT2D eigenvalue weighted by molar-refractivity contribution is 9.10. The van der Waals surface area contributed by atoms with Crippen LogP contribution in [0.4, 0.5) is 0 Å². The van der Waals surface area contributed by atoms with Crippen LogP contribution in [0.3, 0.4) is 0 Å². The number of benzene rings is 1. The normalized spacial score (nSPS) is 10.4. The lowest BCUT2D eigenvalue weighted by molar-refractivity contribution is -0.136. The van der Waals surface area contributed by atoms with Crippen LogP contribution in [0.2, 0.25) is 0 Å². The van der Waals surface area contributed by atoms with Crippen molar-refractivity contribution in [2.24, 2.45) is 0 Å². The van der Waals surface area contributed by atoms with Crippen molar-refractivity contribution in [2.75, 3.05) is 0 Å². The third-order valence-electron chi connectivity index (χ3n) is 2.54. The Morgan fingerprint density at radius 3 is 2.58 bits per heavy atom. The van der Waals surface area contributed by atoms with Crippen LogP contribution in [-0.4, -0.2) is 16.1 Å². The molecule has 19 heavy (non-hydrogen) atoms. The van der Waals surface area contributed by atoms with Crippen molar-refractivity contribution in [2.45, 2.75) is 17.2 Å². The summed E-state index contributed by atoms with van der Waals surface area (Å²) >= 11 is 4.94. The maximum Gasteiger partial charge on any atom is 0.307 e. The van der Waals surface area contributed by atoms with Gasteiger partial charge in [0.2, 0.25) is 0 Å². The van der Waals surface area contributed by atoms with Gasteiger partial charge < -0.3 is 5.11 Å². The minimum atomic E-state index is -0.806. The molecule has 0 aliphatic rings. The van der Waals surface area contributed by atoms with E-state index in [-0.39, 0.29) is 6.42 Å². The first-order chi connectivity index (χ1) is 9.15. The van der Waals surface area contributed by atoms with Crippen LogP contribution >= 0.6 is 27.7 Å². The highest BCUT2D eigenvalue weighted by atomic mass is 79.9. The summed E-state index contributed by atoms with van der Waals surface area (Å²) in [6.45, 7) is 0. The number of thioether (sulfide) groups is 1. The predicted molar refractivity (Wildman–Crippen MR) is 79.3 cm³/mol. The van der Waals surface area contributed by atoms with E-state index in [1.807, 2.05) is 36.4 Å². The monoisotopic (exact) mass is 337 g/mol. The van der Waals surface area contributed by atoms with E-state index in [2.05, 4.69) is 20.9 Å². The van der Waals surface area contributed by atoms with Crippen molar-refractivity contribution >= 4 is 33.7 Å². The molecule has 0 bridgehead atoms. The van der Waals surface area contributed by atoms with Crippen molar-refractivity contribution < 1.29 is 9.90 Å². The SMILES string of the molecule is O=C(O)Cc1ccccc1CSc1ccc(Br)cn1. The number of hydrogen-bond donors (Lipinski definition) is 1. The zero-order valence-corrected chi connectivity index (χ0v) is 12.4. The highest BCUT2D eigenvalue weighted by Gasteiger charge is 2.07. The summed E-state index contributed by atoms with van der Waals surface area (Å²) in [6.07, 6.45) is 1.82. The number of nitrogens with zero attached hydrogens (tertiary/aromatic N) is 1. The third kappa shape index (κ3) is 4.36. The molecule has 0 fully saturated rings. The molecule has 0 aliphatic heterocycles. The van der Waals surface area contributed by atoms with Crippen LogP contribution in [-0.2, 0) is 17.0 Å². The van der Waals surface area contributed by atoms with Gasteiger partial charge in [-0.05, 0) is 39.2 Å². The summed E-state index contributed by atoms with van der Waals surface area (Å²) in [6, 6.07) is 11.5. The number of carboxylic acid groups (broad SMARTS) is 1. The predicted octanol–water partition coefficient (Wildman–Crippen LogP) is 3.76. The molecule has 0 amide bonds. The smallest absolute Gasteiger partial charge is 0.307 e. The quantitative estimate of drug-likeness (QED) is 0.844. The molecule has 2 aromatic rings. The zero-order valence-electron chi connectivity index (χ0n) is 10.0. The summed E-state index contributed by atoms with van der Waals surface area (Å²) in [5.74, 6) is -0.0860. The lowest BCUT2D eigenvalue weighted by Crippen LogP contribution is -2.02. The van der Waals surface area contributed by atoms with Crippen molar-refractivity contribution in [3.05, 3.63) is 58.2 Å². The molecule has 3 nitrogen and oxygen atoms in total. The number of aliphatic carboxylic acids is 1. The molecule has 1 N–H and O–H groups in total. The molecular weight excluding hydrogens is 326 g/mol. The molecule has 0 saturated carbocycles. The lowest BCUT2D eigenvalue weighted by Gasteiger charge is -2.07. The largest absolute Gasteiger partial charge is 0.481 e. The van der Waals surface area contributed by atoms with Crippen molar-refractivity contribution in [3.63, 3.8) is 0 Å². The fourth-order valence-electron chi connectivity index (χ4n) is 1.63. The Morgan fingerprint density at radius 2 is 1.95 bits per heavy atom. The fraction of sp³-hybridized carbons (Fsp3) is 0.143. The minimum Gasteiger partial charge on any atom is -0.481 e. The molecule has 0 atom stereocenters. The van der Waals surface area contributed by atoms with Crippen molar-refractivity contribution in [1.29, 1.82) is 0 Å². The van der Waals surface area contributed by atoms with Crippen LogP contribution in [0.25, 0.3) is 0 Å². The summed E-state index contributed by atoms with van der Waals surface area (Å²) in [7, 11) is 0. The van der Waals surface area contributed by atoms with Gasteiger partial charge in [-0.3, -0.25) is 4.79 Å². The van der Waals surface area contributed by atoms with Gasteiger partial charge >= 0.3 is 5.97 Å².